The van der Waals surface area contributed by atoms with Gasteiger partial charge in [0.25, 0.3) is 0 Å². The van der Waals surface area contributed by atoms with Crippen molar-refractivity contribution in [2.45, 2.75) is 50.2 Å². The summed E-state index contributed by atoms with van der Waals surface area (Å²) in [6.45, 7) is 5.30. The summed E-state index contributed by atoms with van der Waals surface area (Å²) in [5, 5.41) is 3.01. The van der Waals surface area contributed by atoms with E-state index in [-0.39, 0.29) is 17.0 Å². The van der Waals surface area contributed by atoms with Crippen LogP contribution in [0.15, 0.2) is 17.3 Å². The number of sulfonamides is 1. The van der Waals surface area contributed by atoms with Gasteiger partial charge in [-0.15, -0.1) is 0 Å². The third kappa shape index (κ3) is 4.62. The summed E-state index contributed by atoms with van der Waals surface area (Å²) in [6, 6.07) is -0.100. The second kappa shape index (κ2) is 7.15. The number of anilines is 1. The predicted octanol–water partition coefficient (Wildman–Crippen LogP) is 1.14. The first-order chi connectivity index (χ1) is 10.0. The van der Waals surface area contributed by atoms with Gasteiger partial charge in [0.15, 0.2) is 0 Å². The highest BCUT2D eigenvalue weighted by molar-refractivity contribution is 7.89. The van der Waals surface area contributed by atoms with Crippen molar-refractivity contribution in [1.29, 1.82) is 0 Å². The maximum absolute atomic E-state index is 12.3. The molecule has 2 atom stereocenters. The predicted molar refractivity (Wildman–Crippen MR) is 79.6 cm³/mol. The van der Waals surface area contributed by atoms with E-state index in [1.54, 1.807) is 0 Å². The quantitative estimate of drug-likeness (QED) is 0.818. The highest BCUT2D eigenvalue weighted by Gasteiger charge is 2.25. The van der Waals surface area contributed by atoms with Gasteiger partial charge in [-0.1, -0.05) is 6.92 Å². The van der Waals surface area contributed by atoms with E-state index in [4.69, 9.17) is 4.74 Å². The van der Waals surface area contributed by atoms with E-state index < -0.39 is 10.0 Å². The number of rotatable bonds is 6. The van der Waals surface area contributed by atoms with Gasteiger partial charge in [0.2, 0.25) is 16.0 Å². The molecule has 2 rings (SSSR count). The van der Waals surface area contributed by atoms with E-state index in [1.165, 1.54) is 12.4 Å². The van der Waals surface area contributed by atoms with Crippen LogP contribution in [-0.4, -0.2) is 43.7 Å². The Morgan fingerprint density at radius 3 is 2.71 bits per heavy atom. The number of hydrogen-bond donors (Lipinski definition) is 2. The first kappa shape index (κ1) is 16.1. The topological polar surface area (TPSA) is 93.2 Å². The molecule has 0 aliphatic carbocycles. The molecule has 1 aliphatic heterocycles. The third-order valence-corrected chi connectivity index (χ3v) is 4.75. The summed E-state index contributed by atoms with van der Waals surface area (Å²) in [5.41, 5.74) is 0. The molecule has 0 aromatic carbocycles. The number of ether oxygens (including phenoxy) is 1. The molecule has 1 aliphatic rings. The minimum Gasteiger partial charge on any atom is -0.378 e. The van der Waals surface area contributed by atoms with E-state index >= 15 is 0 Å². The number of aromatic nitrogens is 2. The van der Waals surface area contributed by atoms with Gasteiger partial charge in [0.1, 0.15) is 4.90 Å². The smallest absolute Gasteiger partial charge is 0.243 e. The van der Waals surface area contributed by atoms with Crippen molar-refractivity contribution in [3.63, 3.8) is 0 Å². The van der Waals surface area contributed by atoms with Crippen molar-refractivity contribution in [2.75, 3.05) is 18.5 Å². The monoisotopic (exact) mass is 314 g/mol. The molecule has 118 valence electrons. The Kier molecular flexibility index (Phi) is 5.49. The second-order valence-electron chi connectivity index (χ2n) is 5.19. The zero-order valence-electron chi connectivity index (χ0n) is 12.4. The first-order valence-corrected chi connectivity index (χ1v) is 8.69. The molecule has 0 spiro atoms. The Hall–Kier alpha value is -1.25. The van der Waals surface area contributed by atoms with Gasteiger partial charge in [0.05, 0.1) is 18.5 Å². The number of nitrogens with zero attached hydrogens (tertiary/aromatic N) is 2. The number of nitrogens with one attached hydrogen (secondary N) is 2. The molecule has 1 aromatic heterocycles. The molecule has 0 saturated carbocycles. The van der Waals surface area contributed by atoms with Gasteiger partial charge in [-0.2, -0.15) is 0 Å². The van der Waals surface area contributed by atoms with Gasteiger partial charge >= 0.3 is 0 Å². The highest BCUT2D eigenvalue weighted by atomic mass is 32.2. The summed E-state index contributed by atoms with van der Waals surface area (Å²) >= 11 is 0. The molecular formula is C13H22N4O3S. The lowest BCUT2D eigenvalue weighted by molar-refractivity contribution is 0.0173. The van der Waals surface area contributed by atoms with Crippen LogP contribution in [0.2, 0.25) is 0 Å². The minimum absolute atomic E-state index is 0.0725. The molecule has 0 bridgehead atoms. The van der Waals surface area contributed by atoms with Gasteiger partial charge in [0, 0.05) is 19.2 Å². The van der Waals surface area contributed by atoms with E-state index in [1.807, 2.05) is 13.8 Å². The molecule has 21 heavy (non-hydrogen) atoms. The normalized spacial score (nSPS) is 23.0. The van der Waals surface area contributed by atoms with Gasteiger partial charge < -0.3 is 10.1 Å². The molecule has 1 aromatic rings. The fraction of sp³-hybridized carbons (Fsp3) is 0.692. The number of hydrogen-bond acceptors (Lipinski definition) is 6. The lowest BCUT2D eigenvalue weighted by atomic mass is 10.1. The molecular weight excluding hydrogens is 292 g/mol. The zero-order chi connectivity index (χ0) is 15.3. The second-order valence-corrected chi connectivity index (χ2v) is 6.91. The highest BCUT2D eigenvalue weighted by Crippen LogP contribution is 2.16. The Balaban J connectivity index is 2.01. The summed E-state index contributed by atoms with van der Waals surface area (Å²) in [4.78, 5) is 8.14. The lowest BCUT2D eigenvalue weighted by Gasteiger charge is -2.27. The molecule has 2 heterocycles. The molecule has 2 N–H and O–H groups in total. The van der Waals surface area contributed by atoms with Crippen LogP contribution in [0.1, 0.15) is 33.1 Å². The molecule has 7 nitrogen and oxygen atoms in total. The molecule has 2 unspecified atom stereocenters. The standard InChI is InChI=1S/C13H22N4O3S/c1-3-5-14-13-15-8-12(9-16-13)21(18,19)17-11-4-6-20-10(2)7-11/h8-11,17H,3-7H2,1-2H3,(H,14,15,16). The summed E-state index contributed by atoms with van der Waals surface area (Å²) in [6.07, 6.45) is 5.04. The largest absolute Gasteiger partial charge is 0.378 e. The van der Waals surface area contributed by atoms with E-state index in [2.05, 4.69) is 20.0 Å². The van der Waals surface area contributed by atoms with Crippen LogP contribution in [0.25, 0.3) is 0 Å². The van der Waals surface area contributed by atoms with Crippen LogP contribution in [0, 0.1) is 0 Å². The van der Waals surface area contributed by atoms with Crippen LogP contribution in [0.4, 0.5) is 5.95 Å². The fourth-order valence-electron chi connectivity index (χ4n) is 2.18. The Labute approximate surface area is 125 Å². The summed E-state index contributed by atoms with van der Waals surface area (Å²) < 4.78 is 32.7. The molecule has 1 saturated heterocycles. The molecule has 8 heteroatoms. The third-order valence-electron chi connectivity index (χ3n) is 3.28. The van der Waals surface area contributed by atoms with Crippen molar-refractivity contribution in [1.82, 2.24) is 14.7 Å². The molecule has 1 fully saturated rings. The van der Waals surface area contributed by atoms with Crippen LogP contribution in [-0.2, 0) is 14.8 Å². The Morgan fingerprint density at radius 2 is 2.10 bits per heavy atom. The maximum atomic E-state index is 12.3. The minimum atomic E-state index is -3.58. The van der Waals surface area contributed by atoms with Crippen molar-refractivity contribution in [2.24, 2.45) is 0 Å². The Bertz CT molecular complexity index is 547. The molecule has 0 amide bonds. The van der Waals surface area contributed by atoms with Crippen molar-refractivity contribution >= 4 is 16.0 Å². The SMILES string of the molecule is CCCNc1ncc(S(=O)(=O)NC2CCOC(C)C2)cn1. The van der Waals surface area contributed by atoms with Crippen molar-refractivity contribution in [3.8, 4) is 0 Å². The van der Waals surface area contributed by atoms with Crippen LogP contribution < -0.4 is 10.0 Å². The van der Waals surface area contributed by atoms with Gasteiger partial charge in [-0.3, -0.25) is 0 Å². The lowest BCUT2D eigenvalue weighted by Crippen LogP contribution is -2.41. The average molecular weight is 314 g/mol. The average Bonchev–Trinajstić information content (AvgIpc) is 2.45. The van der Waals surface area contributed by atoms with Crippen LogP contribution >= 0.6 is 0 Å². The van der Waals surface area contributed by atoms with Crippen LogP contribution in [0.5, 0.6) is 0 Å². The van der Waals surface area contributed by atoms with Crippen LogP contribution in [0.3, 0.4) is 0 Å². The first-order valence-electron chi connectivity index (χ1n) is 7.21. The van der Waals surface area contributed by atoms with E-state index in [0.717, 1.165) is 13.0 Å². The van der Waals surface area contributed by atoms with E-state index in [9.17, 15) is 8.42 Å². The maximum Gasteiger partial charge on any atom is 0.243 e. The van der Waals surface area contributed by atoms with Gasteiger partial charge in [-0.05, 0) is 26.2 Å². The zero-order valence-corrected chi connectivity index (χ0v) is 13.2. The van der Waals surface area contributed by atoms with Gasteiger partial charge in [-0.25, -0.2) is 23.1 Å². The fourth-order valence-corrected chi connectivity index (χ4v) is 3.35. The van der Waals surface area contributed by atoms with E-state index in [0.29, 0.717) is 25.4 Å². The Morgan fingerprint density at radius 1 is 1.38 bits per heavy atom. The summed E-state index contributed by atoms with van der Waals surface area (Å²) in [5.74, 6) is 0.440. The van der Waals surface area contributed by atoms with Crippen molar-refractivity contribution in [3.05, 3.63) is 12.4 Å². The summed E-state index contributed by atoms with van der Waals surface area (Å²) in [7, 11) is -3.58. The molecule has 0 radical (unpaired) electrons. The van der Waals surface area contributed by atoms with Crippen molar-refractivity contribution < 1.29 is 13.2 Å².